The molecule has 0 saturated carbocycles. The summed E-state index contributed by atoms with van der Waals surface area (Å²) >= 11 is 0. The van der Waals surface area contributed by atoms with Gasteiger partial charge in [-0.2, -0.15) is 0 Å². The van der Waals surface area contributed by atoms with Crippen LogP contribution in [0.3, 0.4) is 0 Å². The molecule has 1 N–H and O–H groups in total. The first kappa shape index (κ1) is 31.9. The van der Waals surface area contributed by atoms with Gasteiger partial charge in [-0.15, -0.1) is 0 Å². The molecule has 0 aliphatic carbocycles. The van der Waals surface area contributed by atoms with Gasteiger partial charge in [0.05, 0.1) is 32.0 Å². The van der Waals surface area contributed by atoms with Crippen molar-refractivity contribution in [2.24, 2.45) is 0 Å². The Hall–Kier alpha value is -2.32. The van der Waals surface area contributed by atoms with Crippen molar-refractivity contribution in [3.8, 4) is 0 Å². The normalized spacial score (nSPS) is 10.9. The van der Waals surface area contributed by atoms with Gasteiger partial charge in [-0.1, -0.05) is 121 Å². The van der Waals surface area contributed by atoms with Crippen LogP contribution in [0.1, 0.15) is 22.3 Å². The van der Waals surface area contributed by atoms with Crippen molar-refractivity contribution in [3.05, 3.63) is 144 Å². The van der Waals surface area contributed by atoms with Crippen LogP contribution in [0.4, 0.5) is 0 Å². The van der Waals surface area contributed by atoms with Gasteiger partial charge < -0.3 is 15.1 Å². The molecule has 0 unspecified atom stereocenters. The molecule has 0 amide bonds. The summed E-state index contributed by atoms with van der Waals surface area (Å²) in [5.41, 5.74) is 5.85. The third-order valence-electron chi connectivity index (χ3n) is 5.44. The molecule has 0 atom stereocenters. The predicted molar refractivity (Wildman–Crippen MR) is 166 cm³/mol. The highest BCUT2D eigenvalue weighted by Gasteiger charge is 2.38. The molecule has 0 fully saturated rings. The lowest BCUT2D eigenvalue weighted by molar-refractivity contribution is -0.376. The van der Waals surface area contributed by atoms with Crippen LogP contribution in [0.15, 0.2) is 121 Å². The highest BCUT2D eigenvalue weighted by atomic mass is 31.2. The fourth-order valence-corrected chi connectivity index (χ4v) is 8.83. The van der Waals surface area contributed by atoms with Crippen LogP contribution in [-0.4, -0.2) is 39.0 Å². The zero-order chi connectivity index (χ0) is 27.9. The van der Waals surface area contributed by atoms with E-state index in [2.05, 4.69) is 148 Å². The molecule has 6 heteroatoms. The van der Waals surface area contributed by atoms with E-state index in [1.807, 2.05) is 0 Å². The Morgan fingerprint density at radius 1 is 0.474 bits per heavy atom. The smallest absolute Gasteiger partial charge is 0.0852 e. The molecule has 0 spiro atoms. The van der Waals surface area contributed by atoms with Crippen molar-refractivity contribution >= 4 is 21.8 Å². The summed E-state index contributed by atoms with van der Waals surface area (Å²) in [4.78, 5) is 0. The Balaban J connectivity index is 0.000000489. The summed E-state index contributed by atoms with van der Waals surface area (Å²) in [6, 6.07) is 44.3. The minimum Gasteiger partial charge on any atom is -0.871 e. The second-order valence-electron chi connectivity index (χ2n) is 10.9. The second kappa shape index (κ2) is 16.6. The van der Waals surface area contributed by atoms with Crippen LogP contribution in [0.2, 0.25) is 0 Å². The van der Waals surface area contributed by atoms with Crippen molar-refractivity contribution in [2.75, 3.05) is 26.7 Å². The molecule has 4 aromatic rings. The van der Waals surface area contributed by atoms with Crippen LogP contribution in [0.25, 0.3) is 0 Å². The van der Waals surface area contributed by atoms with Crippen molar-refractivity contribution in [1.29, 1.82) is 0 Å². The number of hydrogen-bond acceptors (Lipinski definition) is 3. The topological polar surface area (TPSA) is 66.3 Å². The summed E-state index contributed by atoms with van der Waals surface area (Å²) in [7, 11) is -4.44. The molecular weight excluding hydrogens is 505 g/mol. The first-order valence-electron chi connectivity index (χ1n) is 12.8. The molecule has 4 rings (SSSR count). The van der Waals surface area contributed by atoms with E-state index in [-0.39, 0.29) is 7.26 Å². The molecule has 0 saturated heterocycles. The molecule has 0 radical (unpaired) electrons. The average Bonchev–Trinajstić information content (AvgIpc) is 2.85. The van der Waals surface area contributed by atoms with Crippen LogP contribution in [0.5, 0.6) is 0 Å². The minimum atomic E-state index is -2.67. The van der Waals surface area contributed by atoms with E-state index >= 15 is 0 Å². The van der Waals surface area contributed by atoms with Gasteiger partial charge in [0.1, 0.15) is 0 Å². The van der Waals surface area contributed by atoms with Gasteiger partial charge in [0.2, 0.25) is 0 Å². The Kier molecular flexibility index (Phi) is 13.9. The highest BCUT2D eigenvalue weighted by Crippen LogP contribution is 2.68. The quantitative estimate of drug-likeness (QED) is 0.217. The van der Waals surface area contributed by atoms with E-state index in [4.69, 9.17) is 15.1 Å². The minimum absolute atomic E-state index is 0.389. The van der Waals surface area contributed by atoms with E-state index < -0.39 is 14.6 Å². The number of rotatable bonds is 8. The third kappa shape index (κ3) is 14.6. The molecule has 0 aliphatic heterocycles. The molecule has 0 aromatic heterocycles. The molecule has 0 heterocycles. The molecule has 0 aliphatic rings. The zero-order valence-electron chi connectivity index (χ0n) is 23.1. The summed E-state index contributed by atoms with van der Waals surface area (Å²) in [5, 5.41) is 24.0. The Morgan fingerprint density at radius 2 is 0.632 bits per heavy atom. The second-order valence-corrected chi connectivity index (χ2v) is 20.2. The van der Waals surface area contributed by atoms with Gasteiger partial charge in [-0.3, -0.25) is 0 Å². The maximum Gasteiger partial charge on any atom is 0.0852 e. The Labute approximate surface area is 231 Å². The van der Waals surface area contributed by atoms with E-state index in [0.29, 0.717) is 0 Å². The zero-order valence-corrected chi connectivity index (χ0v) is 24.9. The third-order valence-corrected chi connectivity index (χ3v) is 9.59. The van der Waals surface area contributed by atoms with E-state index in [1.165, 1.54) is 46.9 Å². The van der Waals surface area contributed by atoms with Gasteiger partial charge in [-0.05, 0) is 22.3 Å². The average molecular weight is 546 g/mol. The largest absolute Gasteiger partial charge is 0.871 e. The van der Waals surface area contributed by atoms with Crippen LogP contribution >= 0.6 is 14.5 Å². The fourth-order valence-electron chi connectivity index (χ4n) is 4.22. The maximum atomic E-state index is 8.53. The Morgan fingerprint density at radius 3 is 0.789 bits per heavy atom. The van der Waals surface area contributed by atoms with Gasteiger partial charge >= 0.3 is 0 Å². The molecule has 0 bridgehead atoms. The lowest BCUT2D eigenvalue weighted by Crippen LogP contribution is -2.44. The van der Waals surface area contributed by atoms with Crippen molar-refractivity contribution in [2.45, 2.75) is 24.6 Å². The van der Waals surface area contributed by atoms with Crippen molar-refractivity contribution in [3.63, 3.8) is 0 Å². The molecule has 200 valence electrons. The monoisotopic (exact) mass is 546 g/mol. The van der Waals surface area contributed by atoms with E-state index in [0.717, 1.165) is 0 Å². The molecule has 38 heavy (non-hydrogen) atoms. The SMILES string of the molecule is C[P+](C)(C)C.[O-]B([O-])O.c1ccc(C[P+](Cc2ccccc2)(Cc2ccccc2)Cc2ccccc2)cc1. The summed E-state index contributed by atoms with van der Waals surface area (Å²) in [6.45, 7) is 9.19. The lowest BCUT2D eigenvalue weighted by atomic mass is 10.2. The van der Waals surface area contributed by atoms with Crippen molar-refractivity contribution < 1.29 is 15.1 Å². The first-order chi connectivity index (χ1) is 18.0. The molecule has 4 aromatic carbocycles. The fraction of sp³-hybridized carbons (Fsp3) is 0.250. The van der Waals surface area contributed by atoms with Gasteiger partial charge in [-0.25, -0.2) is 0 Å². The predicted octanol–water partition coefficient (Wildman–Crippen LogP) is 6.01. The highest BCUT2D eigenvalue weighted by molar-refractivity contribution is 7.73. The maximum absolute atomic E-state index is 8.53. The van der Waals surface area contributed by atoms with Gasteiger partial charge in [0, 0.05) is 41.2 Å². The molecular formula is C32H41BO3P2. The van der Waals surface area contributed by atoms with E-state index in [9.17, 15) is 0 Å². The van der Waals surface area contributed by atoms with Crippen LogP contribution in [-0.2, 0) is 24.6 Å². The summed E-state index contributed by atoms with van der Waals surface area (Å²) < 4.78 is 0. The van der Waals surface area contributed by atoms with Gasteiger partial charge in [0.25, 0.3) is 0 Å². The Bertz CT molecular complexity index is 957. The first-order valence-corrected chi connectivity index (χ1v) is 18.9. The summed E-state index contributed by atoms with van der Waals surface area (Å²) in [5.74, 6) is 0. The van der Waals surface area contributed by atoms with E-state index in [1.54, 1.807) is 0 Å². The van der Waals surface area contributed by atoms with Gasteiger partial charge in [0.15, 0.2) is 0 Å². The number of hydrogen-bond donors (Lipinski definition) is 1. The van der Waals surface area contributed by atoms with Crippen molar-refractivity contribution in [1.82, 2.24) is 0 Å². The lowest BCUT2D eigenvalue weighted by Gasteiger charge is -2.29. The number of benzene rings is 4. The standard InChI is InChI=1S/C28H28P.C4H12P.BHO3/c1-5-13-25(14-6-1)21-29(22-26-15-7-2-8-16-26,23-27-17-9-3-10-18-27)24-28-19-11-4-12-20-28;1-5(2,3)4;2-1(3)4/h1-20H,21-24H2;1-4H3;2H/q2*+1;-2. The van der Waals surface area contributed by atoms with Crippen LogP contribution in [0, 0.1) is 0 Å². The summed E-state index contributed by atoms with van der Waals surface area (Å²) in [6.07, 6.45) is 4.69. The molecule has 3 nitrogen and oxygen atoms in total. The van der Waals surface area contributed by atoms with Crippen LogP contribution < -0.4 is 10.0 Å².